The Balaban J connectivity index is 3.42. The maximum Gasteiger partial charge on any atom is 0.347 e. The first-order valence-electron chi connectivity index (χ1n) is 3.92. The van der Waals surface area contributed by atoms with Gasteiger partial charge in [0.15, 0.2) is 0 Å². The molecule has 0 radical (unpaired) electrons. The lowest BCUT2D eigenvalue weighted by Gasteiger charge is -2.04. The molecule has 0 saturated heterocycles. The summed E-state index contributed by atoms with van der Waals surface area (Å²) in [6, 6.07) is 0. The van der Waals surface area contributed by atoms with Gasteiger partial charge in [-0.1, -0.05) is 6.92 Å². The Morgan fingerprint density at radius 3 is 2.77 bits per heavy atom. The van der Waals surface area contributed by atoms with E-state index in [0.717, 1.165) is 0 Å². The van der Waals surface area contributed by atoms with Crippen molar-refractivity contribution >= 4 is 5.91 Å². The smallest absolute Gasteiger partial charge is 0.347 e. The zero-order valence-corrected chi connectivity index (χ0v) is 7.57. The predicted molar refractivity (Wildman–Crippen MR) is 47.4 cm³/mol. The maximum absolute atomic E-state index is 11.1. The molecule has 0 fully saturated rings. The fourth-order valence-corrected chi connectivity index (χ4v) is 1.05. The molecule has 5 heteroatoms. The Kier molecular flexibility index (Phi) is 2.46. The number of nitrogens with zero attached hydrogens (tertiary/aromatic N) is 2. The van der Waals surface area contributed by atoms with Crippen molar-refractivity contribution in [2.45, 2.75) is 13.3 Å². The number of primary amides is 1. The van der Waals surface area contributed by atoms with E-state index in [0.29, 0.717) is 17.7 Å². The minimum atomic E-state index is -0.556. The fraction of sp³-hybridized carbons (Fsp3) is 0.375. The molecule has 0 spiro atoms. The van der Waals surface area contributed by atoms with E-state index < -0.39 is 5.91 Å². The van der Waals surface area contributed by atoms with E-state index in [1.54, 1.807) is 0 Å². The molecule has 2 N–H and O–H groups in total. The average molecular weight is 181 g/mol. The number of hydrogen-bond donors (Lipinski definition) is 1. The van der Waals surface area contributed by atoms with Gasteiger partial charge in [0.05, 0.1) is 11.3 Å². The van der Waals surface area contributed by atoms with Crippen molar-refractivity contribution in [3.63, 3.8) is 0 Å². The minimum Gasteiger partial charge on any atom is -0.365 e. The van der Waals surface area contributed by atoms with Gasteiger partial charge in [-0.15, -0.1) is 0 Å². The Morgan fingerprint density at radius 2 is 2.31 bits per heavy atom. The zero-order valence-electron chi connectivity index (χ0n) is 7.57. The number of aryl methyl sites for hydroxylation is 2. The lowest BCUT2D eigenvalue weighted by molar-refractivity contribution is 0.0998. The van der Waals surface area contributed by atoms with Crippen molar-refractivity contribution < 1.29 is 4.79 Å². The van der Waals surface area contributed by atoms with Crippen LogP contribution in [0.25, 0.3) is 0 Å². The van der Waals surface area contributed by atoms with Crippen LogP contribution in [0.1, 0.15) is 23.0 Å². The van der Waals surface area contributed by atoms with Crippen molar-refractivity contribution in [2.75, 3.05) is 0 Å². The van der Waals surface area contributed by atoms with Crippen LogP contribution in [0.3, 0.4) is 0 Å². The highest BCUT2D eigenvalue weighted by molar-refractivity contribution is 5.93. The molecule has 1 amide bonds. The van der Waals surface area contributed by atoms with Crippen LogP contribution in [-0.4, -0.2) is 15.5 Å². The average Bonchev–Trinajstić information content (AvgIpc) is 2.08. The summed E-state index contributed by atoms with van der Waals surface area (Å²) in [5, 5.41) is 0. The van der Waals surface area contributed by atoms with Crippen molar-refractivity contribution in [3.05, 3.63) is 27.9 Å². The first-order valence-corrected chi connectivity index (χ1v) is 3.92. The van der Waals surface area contributed by atoms with Crippen molar-refractivity contribution in [2.24, 2.45) is 12.8 Å². The van der Waals surface area contributed by atoms with E-state index in [9.17, 15) is 9.59 Å². The number of hydrogen-bond acceptors (Lipinski definition) is 3. The predicted octanol–water partition coefficient (Wildman–Crippen LogP) is -0.558. The maximum atomic E-state index is 11.1. The molecule has 0 unspecified atom stereocenters. The topological polar surface area (TPSA) is 78.0 Å². The van der Waals surface area contributed by atoms with Crippen LogP contribution in [0, 0.1) is 0 Å². The molecule has 13 heavy (non-hydrogen) atoms. The molecule has 5 nitrogen and oxygen atoms in total. The second-order valence-electron chi connectivity index (χ2n) is 2.71. The molecule has 0 aromatic carbocycles. The van der Waals surface area contributed by atoms with Gasteiger partial charge in [0.25, 0.3) is 5.91 Å². The van der Waals surface area contributed by atoms with Gasteiger partial charge in [0.1, 0.15) is 0 Å². The molecular weight excluding hydrogens is 170 g/mol. The Morgan fingerprint density at radius 1 is 1.69 bits per heavy atom. The summed E-state index contributed by atoms with van der Waals surface area (Å²) < 4.78 is 1.24. The molecule has 0 atom stereocenters. The lowest BCUT2D eigenvalue weighted by Crippen LogP contribution is -2.26. The molecule has 70 valence electrons. The van der Waals surface area contributed by atoms with Gasteiger partial charge in [-0.25, -0.2) is 4.79 Å². The van der Waals surface area contributed by atoms with Crippen LogP contribution < -0.4 is 11.4 Å². The molecule has 0 saturated carbocycles. The fourth-order valence-electron chi connectivity index (χ4n) is 1.05. The van der Waals surface area contributed by atoms with Gasteiger partial charge in [-0.05, 0) is 6.42 Å². The third-order valence-electron chi connectivity index (χ3n) is 1.77. The zero-order chi connectivity index (χ0) is 10.0. The van der Waals surface area contributed by atoms with Gasteiger partial charge < -0.3 is 10.3 Å². The van der Waals surface area contributed by atoms with Gasteiger partial charge in [-0.3, -0.25) is 4.79 Å². The van der Waals surface area contributed by atoms with Crippen LogP contribution in [0.2, 0.25) is 0 Å². The summed E-state index contributed by atoms with van der Waals surface area (Å²) in [7, 11) is 1.53. The standard InChI is InChI=1S/C8H11N3O2/c1-3-6-5(7(9)12)4-11(2)8(13)10-6/h4H,3H2,1-2H3,(H2,9,12). The van der Waals surface area contributed by atoms with Gasteiger partial charge in [-0.2, -0.15) is 4.98 Å². The lowest BCUT2D eigenvalue weighted by atomic mass is 10.2. The number of carbonyl (C=O) groups is 1. The first-order chi connectivity index (χ1) is 6.06. The third kappa shape index (κ3) is 1.74. The molecule has 0 aliphatic heterocycles. The number of nitrogens with two attached hydrogens (primary N) is 1. The summed E-state index contributed by atoms with van der Waals surface area (Å²) in [6.07, 6.45) is 1.94. The Bertz CT molecular complexity index is 395. The SMILES string of the molecule is CCc1nc(=O)n(C)cc1C(N)=O. The van der Waals surface area contributed by atoms with Crippen molar-refractivity contribution in [3.8, 4) is 0 Å². The molecule has 1 aromatic heterocycles. The highest BCUT2D eigenvalue weighted by Crippen LogP contribution is 2.01. The van der Waals surface area contributed by atoms with Crippen LogP contribution in [0.15, 0.2) is 11.0 Å². The van der Waals surface area contributed by atoms with E-state index in [-0.39, 0.29) is 5.69 Å². The van der Waals surface area contributed by atoms with Gasteiger partial charge in [0, 0.05) is 13.2 Å². The largest absolute Gasteiger partial charge is 0.365 e. The molecule has 0 bridgehead atoms. The van der Waals surface area contributed by atoms with E-state index in [1.807, 2.05) is 6.92 Å². The van der Waals surface area contributed by atoms with E-state index in [1.165, 1.54) is 17.8 Å². The highest BCUT2D eigenvalue weighted by Gasteiger charge is 2.09. The second-order valence-corrected chi connectivity index (χ2v) is 2.71. The number of amides is 1. The number of carbonyl (C=O) groups excluding carboxylic acids is 1. The Labute approximate surface area is 75.2 Å². The van der Waals surface area contributed by atoms with E-state index in [2.05, 4.69) is 4.98 Å². The normalized spacial score (nSPS) is 10.0. The quantitative estimate of drug-likeness (QED) is 0.664. The van der Waals surface area contributed by atoms with Crippen LogP contribution >= 0.6 is 0 Å². The van der Waals surface area contributed by atoms with Crippen LogP contribution in [0.5, 0.6) is 0 Å². The molecule has 0 aliphatic carbocycles. The first kappa shape index (κ1) is 9.44. The van der Waals surface area contributed by atoms with Crippen LogP contribution in [-0.2, 0) is 13.5 Å². The van der Waals surface area contributed by atoms with Gasteiger partial charge >= 0.3 is 5.69 Å². The Hall–Kier alpha value is -1.65. The summed E-state index contributed by atoms with van der Waals surface area (Å²) in [4.78, 5) is 25.7. The minimum absolute atomic E-state index is 0.310. The van der Waals surface area contributed by atoms with E-state index in [4.69, 9.17) is 5.73 Å². The van der Waals surface area contributed by atoms with Crippen molar-refractivity contribution in [1.82, 2.24) is 9.55 Å². The van der Waals surface area contributed by atoms with Crippen molar-refractivity contribution in [1.29, 1.82) is 0 Å². The summed E-state index contributed by atoms with van der Waals surface area (Å²) >= 11 is 0. The number of aromatic nitrogens is 2. The third-order valence-corrected chi connectivity index (χ3v) is 1.77. The molecule has 0 aliphatic rings. The molecular formula is C8H11N3O2. The summed E-state index contributed by atoms with van der Waals surface area (Å²) in [6.45, 7) is 1.81. The van der Waals surface area contributed by atoms with E-state index >= 15 is 0 Å². The monoisotopic (exact) mass is 181 g/mol. The summed E-state index contributed by atoms with van der Waals surface area (Å²) in [5.41, 5.74) is 5.51. The second kappa shape index (κ2) is 3.38. The summed E-state index contributed by atoms with van der Waals surface area (Å²) in [5.74, 6) is -0.556. The molecule has 1 aromatic rings. The molecule has 1 heterocycles. The number of rotatable bonds is 2. The highest BCUT2D eigenvalue weighted by atomic mass is 16.1. The van der Waals surface area contributed by atoms with Crippen LogP contribution in [0.4, 0.5) is 0 Å². The van der Waals surface area contributed by atoms with Gasteiger partial charge in [0.2, 0.25) is 0 Å². The molecule has 1 rings (SSSR count).